The van der Waals surface area contributed by atoms with E-state index in [4.69, 9.17) is 5.73 Å². The average Bonchev–Trinajstić information content (AvgIpc) is 2.24. The minimum Gasteiger partial charge on any atom is -0.332 e. The zero-order chi connectivity index (χ0) is 11.7. The minimum atomic E-state index is 0.0169. The van der Waals surface area contributed by atoms with Crippen LogP contribution in [0.5, 0.6) is 0 Å². The summed E-state index contributed by atoms with van der Waals surface area (Å²) in [5.74, 6) is 0.0169. The summed E-state index contributed by atoms with van der Waals surface area (Å²) < 4.78 is 0. The van der Waals surface area contributed by atoms with Gasteiger partial charge in [-0.1, -0.05) is 18.2 Å². The Hall–Kier alpha value is -1.35. The Kier molecular flexibility index (Phi) is 7.28. The van der Waals surface area contributed by atoms with Gasteiger partial charge in [0.05, 0.1) is 0 Å². The second-order valence-corrected chi connectivity index (χ2v) is 3.25. The van der Waals surface area contributed by atoms with E-state index in [0.717, 1.165) is 12.0 Å². The van der Waals surface area contributed by atoms with Gasteiger partial charge < -0.3 is 10.6 Å². The predicted molar refractivity (Wildman–Crippen MR) is 64.4 cm³/mol. The first kappa shape index (κ1) is 13.7. The Bertz CT molecular complexity index is 246. The molecular formula is C12H20N2O. The van der Waals surface area contributed by atoms with Gasteiger partial charge in [-0.2, -0.15) is 0 Å². The van der Waals surface area contributed by atoms with E-state index in [9.17, 15) is 4.79 Å². The maximum Gasteiger partial charge on any atom is 0.249 e. The number of hydrogen-bond acceptors (Lipinski definition) is 2. The summed E-state index contributed by atoms with van der Waals surface area (Å²) in [5.41, 5.74) is 6.09. The second kappa shape index (κ2) is 8.00. The largest absolute Gasteiger partial charge is 0.332 e. The monoisotopic (exact) mass is 208 g/mol. The molecule has 0 heterocycles. The van der Waals surface area contributed by atoms with Gasteiger partial charge in [0.15, 0.2) is 0 Å². The van der Waals surface area contributed by atoms with E-state index in [1.54, 1.807) is 24.0 Å². The summed E-state index contributed by atoms with van der Waals surface area (Å²) in [6.45, 7) is 10.7. The molecule has 0 unspecified atom stereocenters. The Morgan fingerprint density at radius 2 is 1.87 bits per heavy atom. The van der Waals surface area contributed by atoms with Crippen molar-refractivity contribution in [2.24, 2.45) is 5.73 Å². The SMILES string of the molecule is C=CCN(CC=C)C(=O)C(C)=CCCN. The van der Waals surface area contributed by atoms with Gasteiger partial charge in [0.2, 0.25) is 5.91 Å². The van der Waals surface area contributed by atoms with Crippen molar-refractivity contribution in [2.75, 3.05) is 19.6 Å². The Morgan fingerprint density at radius 3 is 2.27 bits per heavy atom. The van der Waals surface area contributed by atoms with Crippen LogP contribution >= 0.6 is 0 Å². The highest BCUT2D eigenvalue weighted by Crippen LogP contribution is 2.02. The van der Waals surface area contributed by atoms with Crippen molar-refractivity contribution in [3.63, 3.8) is 0 Å². The number of rotatable bonds is 7. The maximum atomic E-state index is 11.9. The quantitative estimate of drug-likeness (QED) is 0.509. The lowest BCUT2D eigenvalue weighted by molar-refractivity contribution is -0.126. The fraction of sp³-hybridized carbons (Fsp3) is 0.417. The molecule has 0 fully saturated rings. The summed E-state index contributed by atoms with van der Waals surface area (Å²) in [7, 11) is 0. The van der Waals surface area contributed by atoms with E-state index in [-0.39, 0.29) is 5.91 Å². The van der Waals surface area contributed by atoms with Crippen LogP contribution in [0.1, 0.15) is 13.3 Å². The Balaban J connectivity index is 4.46. The zero-order valence-electron chi connectivity index (χ0n) is 9.41. The number of amides is 1. The zero-order valence-corrected chi connectivity index (χ0v) is 9.41. The van der Waals surface area contributed by atoms with Crippen LogP contribution in [0.15, 0.2) is 37.0 Å². The fourth-order valence-corrected chi connectivity index (χ4v) is 1.19. The third-order valence-electron chi connectivity index (χ3n) is 1.94. The van der Waals surface area contributed by atoms with Gasteiger partial charge in [0.25, 0.3) is 0 Å². The molecule has 0 saturated heterocycles. The van der Waals surface area contributed by atoms with Gasteiger partial charge in [-0.25, -0.2) is 0 Å². The topological polar surface area (TPSA) is 46.3 Å². The highest BCUT2D eigenvalue weighted by Gasteiger charge is 2.11. The first-order chi connectivity index (χ1) is 7.17. The molecule has 0 aliphatic rings. The number of nitrogens with two attached hydrogens (primary N) is 1. The summed E-state index contributed by atoms with van der Waals surface area (Å²) in [5, 5.41) is 0. The van der Waals surface area contributed by atoms with Gasteiger partial charge in [-0.05, 0) is 19.9 Å². The van der Waals surface area contributed by atoms with Crippen LogP contribution in [0, 0.1) is 0 Å². The van der Waals surface area contributed by atoms with E-state index in [1.807, 2.05) is 6.08 Å². The highest BCUT2D eigenvalue weighted by atomic mass is 16.2. The van der Waals surface area contributed by atoms with Gasteiger partial charge >= 0.3 is 0 Å². The molecule has 84 valence electrons. The van der Waals surface area contributed by atoms with Gasteiger partial charge in [0.1, 0.15) is 0 Å². The molecule has 0 rings (SSSR count). The maximum absolute atomic E-state index is 11.9. The van der Waals surface area contributed by atoms with Crippen molar-refractivity contribution < 1.29 is 4.79 Å². The van der Waals surface area contributed by atoms with Crippen molar-refractivity contribution in [1.29, 1.82) is 0 Å². The molecule has 0 aliphatic heterocycles. The summed E-state index contributed by atoms with van der Waals surface area (Å²) in [6.07, 6.45) is 6.00. The van der Waals surface area contributed by atoms with Crippen molar-refractivity contribution >= 4 is 5.91 Å². The predicted octanol–water partition coefficient (Wildman–Crippen LogP) is 1.48. The van der Waals surface area contributed by atoms with Crippen LogP contribution in [0.25, 0.3) is 0 Å². The average molecular weight is 208 g/mol. The minimum absolute atomic E-state index is 0.0169. The molecule has 0 aromatic rings. The molecule has 0 saturated carbocycles. The summed E-state index contributed by atoms with van der Waals surface area (Å²) in [4.78, 5) is 13.5. The third-order valence-corrected chi connectivity index (χ3v) is 1.94. The van der Waals surface area contributed by atoms with Crippen LogP contribution in [-0.2, 0) is 4.79 Å². The first-order valence-corrected chi connectivity index (χ1v) is 5.05. The second-order valence-electron chi connectivity index (χ2n) is 3.25. The third kappa shape index (κ3) is 5.18. The smallest absolute Gasteiger partial charge is 0.249 e. The molecule has 15 heavy (non-hydrogen) atoms. The molecule has 3 nitrogen and oxygen atoms in total. The number of carbonyl (C=O) groups excluding carboxylic acids is 1. The van der Waals surface area contributed by atoms with E-state index in [2.05, 4.69) is 13.2 Å². The van der Waals surface area contributed by atoms with E-state index in [1.165, 1.54) is 0 Å². The Labute approximate surface area is 91.9 Å². The molecule has 3 heteroatoms. The van der Waals surface area contributed by atoms with Crippen molar-refractivity contribution in [1.82, 2.24) is 4.90 Å². The molecule has 0 aromatic heterocycles. The van der Waals surface area contributed by atoms with Crippen LogP contribution in [0.2, 0.25) is 0 Å². The molecule has 2 N–H and O–H groups in total. The first-order valence-electron chi connectivity index (χ1n) is 5.05. The molecule has 0 radical (unpaired) electrons. The summed E-state index contributed by atoms with van der Waals surface area (Å²) in [6, 6.07) is 0. The lowest BCUT2D eigenvalue weighted by atomic mass is 10.2. The lowest BCUT2D eigenvalue weighted by Gasteiger charge is -2.19. The fourth-order valence-electron chi connectivity index (χ4n) is 1.19. The van der Waals surface area contributed by atoms with E-state index < -0.39 is 0 Å². The van der Waals surface area contributed by atoms with Crippen molar-refractivity contribution in [3.05, 3.63) is 37.0 Å². The van der Waals surface area contributed by atoms with Crippen LogP contribution in [0.4, 0.5) is 0 Å². The van der Waals surface area contributed by atoms with Gasteiger partial charge in [-0.15, -0.1) is 13.2 Å². The Morgan fingerprint density at radius 1 is 1.33 bits per heavy atom. The molecule has 0 aliphatic carbocycles. The van der Waals surface area contributed by atoms with Crippen molar-refractivity contribution in [3.8, 4) is 0 Å². The summed E-state index contributed by atoms with van der Waals surface area (Å²) >= 11 is 0. The van der Waals surface area contributed by atoms with Crippen molar-refractivity contribution in [2.45, 2.75) is 13.3 Å². The standard InChI is InChI=1S/C12H20N2O/c1-4-9-14(10-5-2)12(15)11(3)7-6-8-13/h4-5,7H,1-2,6,8-10,13H2,3H3. The molecular weight excluding hydrogens is 188 g/mol. The molecule has 0 aromatic carbocycles. The van der Waals surface area contributed by atoms with Crippen LogP contribution < -0.4 is 5.73 Å². The van der Waals surface area contributed by atoms with Gasteiger partial charge in [-0.3, -0.25) is 4.79 Å². The molecule has 1 amide bonds. The molecule has 0 bridgehead atoms. The van der Waals surface area contributed by atoms with Crippen LogP contribution in [-0.4, -0.2) is 30.4 Å². The lowest BCUT2D eigenvalue weighted by Crippen LogP contribution is -2.31. The number of carbonyl (C=O) groups is 1. The molecule has 0 spiro atoms. The normalized spacial score (nSPS) is 10.9. The molecule has 0 atom stereocenters. The van der Waals surface area contributed by atoms with E-state index >= 15 is 0 Å². The highest BCUT2D eigenvalue weighted by molar-refractivity contribution is 5.93. The van der Waals surface area contributed by atoms with Crippen LogP contribution in [0.3, 0.4) is 0 Å². The number of hydrogen-bond donors (Lipinski definition) is 1. The van der Waals surface area contributed by atoms with E-state index in [0.29, 0.717) is 19.6 Å². The van der Waals surface area contributed by atoms with Gasteiger partial charge in [0, 0.05) is 18.7 Å². The number of nitrogens with zero attached hydrogens (tertiary/aromatic N) is 1.